The number of rotatable bonds is 5. The van der Waals surface area contributed by atoms with E-state index in [0.717, 1.165) is 12.0 Å². The standard InChI is InChI=1S/C14H16ClNO2/c1-4-5-11(9-16)14(15)10-6-7-12(17-2)13(8-10)18-3/h6-8H,4-5H2,1-3H3. The third-order valence-corrected chi connectivity index (χ3v) is 2.98. The zero-order valence-electron chi connectivity index (χ0n) is 10.8. The molecule has 3 nitrogen and oxygen atoms in total. The summed E-state index contributed by atoms with van der Waals surface area (Å²) in [5.74, 6) is 1.24. The summed E-state index contributed by atoms with van der Waals surface area (Å²) < 4.78 is 10.4. The van der Waals surface area contributed by atoms with Gasteiger partial charge in [-0.05, 0) is 30.2 Å². The molecule has 0 aliphatic carbocycles. The fourth-order valence-corrected chi connectivity index (χ4v) is 1.87. The van der Waals surface area contributed by atoms with E-state index in [0.29, 0.717) is 28.5 Å². The van der Waals surface area contributed by atoms with E-state index in [1.165, 1.54) is 0 Å². The van der Waals surface area contributed by atoms with Crippen LogP contribution in [0.3, 0.4) is 0 Å². The van der Waals surface area contributed by atoms with Crippen molar-refractivity contribution in [3.05, 3.63) is 29.3 Å². The van der Waals surface area contributed by atoms with Crippen LogP contribution in [-0.4, -0.2) is 14.2 Å². The Morgan fingerprint density at radius 2 is 1.94 bits per heavy atom. The first-order chi connectivity index (χ1) is 8.67. The van der Waals surface area contributed by atoms with Crippen LogP contribution in [0.4, 0.5) is 0 Å². The highest BCUT2D eigenvalue weighted by Gasteiger charge is 2.10. The molecule has 0 N–H and O–H groups in total. The van der Waals surface area contributed by atoms with E-state index in [4.69, 9.17) is 26.3 Å². The zero-order chi connectivity index (χ0) is 13.5. The Hall–Kier alpha value is -1.66. The lowest BCUT2D eigenvalue weighted by molar-refractivity contribution is 0.355. The van der Waals surface area contributed by atoms with Crippen molar-refractivity contribution in [1.29, 1.82) is 5.26 Å². The van der Waals surface area contributed by atoms with E-state index in [2.05, 4.69) is 6.07 Å². The largest absolute Gasteiger partial charge is 0.493 e. The quantitative estimate of drug-likeness (QED) is 0.757. The molecule has 1 aromatic rings. The Bertz CT molecular complexity index is 489. The average Bonchev–Trinajstić information content (AvgIpc) is 2.43. The Morgan fingerprint density at radius 3 is 2.44 bits per heavy atom. The van der Waals surface area contributed by atoms with Gasteiger partial charge in [-0.25, -0.2) is 0 Å². The molecular formula is C14H16ClNO2. The minimum atomic E-state index is 0.473. The second-order valence-electron chi connectivity index (χ2n) is 3.72. The predicted molar refractivity (Wildman–Crippen MR) is 72.8 cm³/mol. The molecule has 0 amide bonds. The summed E-state index contributed by atoms with van der Waals surface area (Å²) in [6.45, 7) is 2.01. The lowest BCUT2D eigenvalue weighted by Gasteiger charge is -2.10. The Kier molecular flexibility index (Phi) is 5.54. The van der Waals surface area contributed by atoms with Gasteiger partial charge in [0.1, 0.15) is 0 Å². The van der Waals surface area contributed by atoms with Crippen LogP contribution in [0.2, 0.25) is 0 Å². The summed E-state index contributed by atoms with van der Waals surface area (Å²) in [5.41, 5.74) is 1.35. The molecule has 0 saturated carbocycles. The number of allylic oxidation sites excluding steroid dienone is 1. The molecule has 0 aliphatic heterocycles. The number of hydrogen-bond donors (Lipinski definition) is 0. The van der Waals surface area contributed by atoms with Crippen LogP contribution in [0.25, 0.3) is 5.03 Å². The number of hydrogen-bond acceptors (Lipinski definition) is 3. The van der Waals surface area contributed by atoms with Crippen molar-refractivity contribution in [3.63, 3.8) is 0 Å². The molecule has 0 radical (unpaired) electrons. The van der Waals surface area contributed by atoms with E-state index in [9.17, 15) is 0 Å². The van der Waals surface area contributed by atoms with Gasteiger partial charge in [0.25, 0.3) is 0 Å². The Balaban J connectivity index is 3.22. The van der Waals surface area contributed by atoms with Crippen LogP contribution < -0.4 is 9.47 Å². The summed E-state index contributed by atoms with van der Waals surface area (Å²) in [4.78, 5) is 0. The highest BCUT2D eigenvalue weighted by atomic mass is 35.5. The lowest BCUT2D eigenvalue weighted by atomic mass is 10.1. The van der Waals surface area contributed by atoms with Crippen molar-refractivity contribution in [2.75, 3.05) is 14.2 Å². The first-order valence-corrected chi connectivity index (χ1v) is 6.06. The smallest absolute Gasteiger partial charge is 0.161 e. The monoisotopic (exact) mass is 265 g/mol. The van der Waals surface area contributed by atoms with Crippen LogP contribution in [0, 0.1) is 11.3 Å². The number of benzene rings is 1. The highest BCUT2D eigenvalue weighted by Crippen LogP contribution is 2.33. The summed E-state index contributed by atoms with van der Waals surface area (Å²) in [5, 5.41) is 9.54. The van der Waals surface area contributed by atoms with Crippen molar-refractivity contribution in [1.82, 2.24) is 0 Å². The molecule has 0 aromatic heterocycles. The van der Waals surface area contributed by atoms with Gasteiger partial charge < -0.3 is 9.47 Å². The maximum Gasteiger partial charge on any atom is 0.161 e. The minimum absolute atomic E-state index is 0.473. The van der Waals surface area contributed by atoms with E-state index >= 15 is 0 Å². The van der Waals surface area contributed by atoms with Gasteiger partial charge in [0.15, 0.2) is 11.5 Å². The second-order valence-corrected chi connectivity index (χ2v) is 4.10. The Labute approximate surface area is 113 Å². The van der Waals surface area contributed by atoms with Gasteiger partial charge in [-0.3, -0.25) is 0 Å². The van der Waals surface area contributed by atoms with Crippen molar-refractivity contribution in [3.8, 4) is 17.6 Å². The van der Waals surface area contributed by atoms with Crippen molar-refractivity contribution in [2.24, 2.45) is 0 Å². The zero-order valence-corrected chi connectivity index (χ0v) is 11.5. The molecule has 4 heteroatoms. The fraction of sp³-hybridized carbons (Fsp3) is 0.357. The summed E-state index contributed by atoms with van der Waals surface area (Å²) in [6.07, 6.45) is 1.55. The predicted octanol–water partition coefficient (Wildman–Crippen LogP) is 3.98. The Morgan fingerprint density at radius 1 is 1.28 bits per heavy atom. The molecule has 0 saturated heterocycles. The molecule has 0 unspecified atom stereocenters. The number of ether oxygens (including phenoxy) is 2. The number of halogens is 1. The summed E-state index contributed by atoms with van der Waals surface area (Å²) >= 11 is 6.24. The topological polar surface area (TPSA) is 42.2 Å². The molecule has 0 bridgehead atoms. The van der Waals surface area contributed by atoms with Crippen LogP contribution in [0.1, 0.15) is 25.3 Å². The van der Waals surface area contributed by atoms with Gasteiger partial charge in [0.05, 0.1) is 25.3 Å². The number of nitriles is 1. The first kappa shape index (κ1) is 14.4. The molecule has 96 valence electrons. The van der Waals surface area contributed by atoms with Gasteiger partial charge in [0.2, 0.25) is 0 Å². The molecule has 0 spiro atoms. The van der Waals surface area contributed by atoms with Crippen molar-refractivity contribution in [2.45, 2.75) is 19.8 Å². The average molecular weight is 266 g/mol. The van der Waals surface area contributed by atoms with Gasteiger partial charge in [-0.15, -0.1) is 0 Å². The van der Waals surface area contributed by atoms with Gasteiger partial charge in [-0.2, -0.15) is 5.26 Å². The molecule has 1 aromatic carbocycles. The second kappa shape index (κ2) is 6.93. The summed E-state index contributed by atoms with van der Waals surface area (Å²) in [7, 11) is 3.14. The molecule has 0 aliphatic rings. The molecule has 0 fully saturated rings. The molecule has 1 rings (SSSR count). The first-order valence-electron chi connectivity index (χ1n) is 5.69. The maximum atomic E-state index is 9.07. The number of nitrogens with zero attached hydrogens (tertiary/aromatic N) is 1. The highest BCUT2D eigenvalue weighted by molar-refractivity contribution is 6.49. The lowest BCUT2D eigenvalue weighted by Crippen LogP contribution is -1.92. The normalized spacial score (nSPS) is 11.5. The third-order valence-electron chi connectivity index (χ3n) is 2.54. The van der Waals surface area contributed by atoms with Gasteiger partial charge in [0, 0.05) is 5.57 Å². The molecular weight excluding hydrogens is 250 g/mol. The van der Waals surface area contributed by atoms with Crippen LogP contribution in [-0.2, 0) is 0 Å². The van der Waals surface area contributed by atoms with Gasteiger partial charge >= 0.3 is 0 Å². The van der Waals surface area contributed by atoms with Crippen LogP contribution >= 0.6 is 11.6 Å². The van der Waals surface area contributed by atoms with E-state index in [1.54, 1.807) is 26.4 Å². The fourth-order valence-electron chi connectivity index (χ4n) is 1.61. The SMILES string of the molecule is CCCC(C#N)=C(Cl)c1ccc(OC)c(OC)c1. The minimum Gasteiger partial charge on any atom is -0.493 e. The molecule has 18 heavy (non-hydrogen) atoms. The molecule has 0 atom stereocenters. The number of methoxy groups -OCH3 is 2. The van der Waals surface area contributed by atoms with Crippen LogP contribution in [0.5, 0.6) is 11.5 Å². The van der Waals surface area contributed by atoms with Gasteiger partial charge in [-0.1, -0.05) is 24.9 Å². The van der Waals surface area contributed by atoms with Crippen molar-refractivity contribution >= 4 is 16.6 Å². The van der Waals surface area contributed by atoms with Crippen molar-refractivity contribution < 1.29 is 9.47 Å². The van der Waals surface area contributed by atoms with E-state index < -0.39 is 0 Å². The summed E-state index contributed by atoms with van der Waals surface area (Å²) in [6, 6.07) is 7.51. The van der Waals surface area contributed by atoms with E-state index in [-0.39, 0.29) is 0 Å². The van der Waals surface area contributed by atoms with E-state index in [1.807, 2.05) is 13.0 Å². The third kappa shape index (κ3) is 3.18. The maximum absolute atomic E-state index is 9.07. The molecule has 0 heterocycles. The van der Waals surface area contributed by atoms with Crippen LogP contribution in [0.15, 0.2) is 23.8 Å².